The molecule has 0 radical (unpaired) electrons. The molecule has 1 aliphatic carbocycles. The fraction of sp³-hybridized carbons (Fsp3) is 0.423. The maximum Gasteiger partial charge on any atom is 0.220 e. The van der Waals surface area contributed by atoms with Crippen LogP contribution in [0.25, 0.3) is 5.69 Å². The number of hydrogen-bond donors (Lipinski definition) is 1. The molecular weight excluding hydrogens is 416 g/mol. The summed E-state index contributed by atoms with van der Waals surface area (Å²) in [6.07, 6.45) is 9.33. The Morgan fingerprint density at radius 3 is 2.41 bits per heavy atom. The SMILES string of the molecule is O=C(CCCCSc1nnc(Cc2ccccc2)n1-c1ccccc1)NC1CCCCC1. The minimum absolute atomic E-state index is 0.208. The first-order valence-electron chi connectivity index (χ1n) is 11.8. The summed E-state index contributed by atoms with van der Waals surface area (Å²) < 4.78 is 2.16. The van der Waals surface area contributed by atoms with Crippen molar-refractivity contribution in [3.63, 3.8) is 0 Å². The minimum atomic E-state index is 0.208. The Morgan fingerprint density at radius 2 is 1.66 bits per heavy atom. The van der Waals surface area contributed by atoms with Crippen LogP contribution in [0.1, 0.15) is 62.8 Å². The lowest BCUT2D eigenvalue weighted by atomic mass is 9.95. The van der Waals surface area contributed by atoms with E-state index in [4.69, 9.17) is 0 Å². The van der Waals surface area contributed by atoms with E-state index in [-0.39, 0.29) is 5.91 Å². The van der Waals surface area contributed by atoms with E-state index in [1.165, 1.54) is 24.8 Å². The quantitative estimate of drug-likeness (QED) is 0.325. The van der Waals surface area contributed by atoms with Crippen molar-refractivity contribution in [2.75, 3.05) is 5.75 Å². The molecule has 1 heterocycles. The number of aromatic nitrogens is 3. The molecule has 5 nitrogen and oxygen atoms in total. The van der Waals surface area contributed by atoms with Gasteiger partial charge in [0.15, 0.2) is 5.16 Å². The van der Waals surface area contributed by atoms with E-state index < -0.39 is 0 Å². The molecule has 0 bridgehead atoms. The van der Waals surface area contributed by atoms with E-state index in [0.29, 0.717) is 12.5 Å². The van der Waals surface area contributed by atoms with Gasteiger partial charge in [-0.15, -0.1) is 10.2 Å². The highest BCUT2D eigenvalue weighted by atomic mass is 32.2. The number of nitrogens with one attached hydrogen (secondary N) is 1. The van der Waals surface area contributed by atoms with E-state index >= 15 is 0 Å². The van der Waals surface area contributed by atoms with Gasteiger partial charge in [0.25, 0.3) is 0 Å². The van der Waals surface area contributed by atoms with E-state index in [2.05, 4.69) is 56.5 Å². The van der Waals surface area contributed by atoms with Crippen LogP contribution in [-0.4, -0.2) is 32.5 Å². The molecule has 4 rings (SSSR count). The zero-order valence-corrected chi connectivity index (χ0v) is 19.4. The summed E-state index contributed by atoms with van der Waals surface area (Å²) in [6, 6.07) is 21.1. The van der Waals surface area contributed by atoms with Gasteiger partial charge in [-0.3, -0.25) is 9.36 Å². The molecule has 0 aliphatic heterocycles. The number of thioether (sulfide) groups is 1. The lowest BCUT2D eigenvalue weighted by Crippen LogP contribution is -2.35. The van der Waals surface area contributed by atoms with Crippen molar-refractivity contribution in [2.45, 2.75) is 69.0 Å². The molecule has 0 saturated heterocycles. The first-order chi connectivity index (χ1) is 15.8. The third-order valence-electron chi connectivity index (χ3n) is 5.92. The Labute approximate surface area is 195 Å². The average molecular weight is 449 g/mol. The van der Waals surface area contributed by atoms with Crippen molar-refractivity contribution < 1.29 is 4.79 Å². The highest BCUT2D eigenvalue weighted by molar-refractivity contribution is 7.99. The number of unbranched alkanes of at least 4 members (excludes halogenated alkanes) is 1. The summed E-state index contributed by atoms with van der Waals surface area (Å²) in [7, 11) is 0. The Bertz CT molecular complexity index is 968. The molecule has 1 N–H and O–H groups in total. The lowest BCUT2D eigenvalue weighted by molar-refractivity contribution is -0.122. The second kappa shape index (κ2) is 11.9. The van der Waals surface area contributed by atoms with Gasteiger partial charge in [-0.25, -0.2) is 0 Å². The molecule has 1 fully saturated rings. The zero-order chi connectivity index (χ0) is 22.0. The largest absolute Gasteiger partial charge is 0.353 e. The number of nitrogens with zero attached hydrogens (tertiary/aromatic N) is 3. The monoisotopic (exact) mass is 448 g/mol. The Hall–Kier alpha value is -2.60. The van der Waals surface area contributed by atoms with E-state index in [1.54, 1.807) is 11.8 Å². The van der Waals surface area contributed by atoms with Crippen molar-refractivity contribution in [3.8, 4) is 5.69 Å². The standard InChI is InChI=1S/C26H32N4OS/c31-25(27-22-14-6-2-7-15-22)18-10-11-19-32-26-29-28-24(20-21-12-4-1-5-13-21)30(26)23-16-8-3-9-17-23/h1,3-5,8-9,12-13,16-17,22H,2,6-7,10-11,14-15,18-20H2,(H,27,31). The Balaban J connectivity index is 1.31. The van der Waals surface area contributed by atoms with Crippen molar-refractivity contribution in [3.05, 3.63) is 72.1 Å². The van der Waals surface area contributed by atoms with Gasteiger partial charge in [0, 0.05) is 30.3 Å². The van der Waals surface area contributed by atoms with Crippen LogP contribution in [0.3, 0.4) is 0 Å². The van der Waals surface area contributed by atoms with Crippen LogP contribution >= 0.6 is 11.8 Å². The minimum Gasteiger partial charge on any atom is -0.353 e. The topological polar surface area (TPSA) is 59.8 Å². The smallest absolute Gasteiger partial charge is 0.220 e. The van der Waals surface area contributed by atoms with E-state index in [9.17, 15) is 4.79 Å². The predicted octanol–water partition coefficient (Wildman–Crippen LogP) is 5.57. The van der Waals surface area contributed by atoms with Crippen LogP contribution in [0.5, 0.6) is 0 Å². The van der Waals surface area contributed by atoms with Crippen molar-refractivity contribution in [1.29, 1.82) is 0 Å². The van der Waals surface area contributed by atoms with Gasteiger partial charge in [-0.1, -0.05) is 79.6 Å². The van der Waals surface area contributed by atoms with Gasteiger partial charge in [-0.2, -0.15) is 0 Å². The number of para-hydroxylation sites is 1. The number of carbonyl (C=O) groups excluding carboxylic acids is 1. The molecule has 1 aliphatic rings. The van der Waals surface area contributed by atoms with Crippen molar-refractivity contribution in [1.82, 2.24) is 20.1 Å². The number of amides is 1. The van der Waals surface area contributed by atoms with Crippen molar-refractivity contribution >= 4 is 17.7 Å². The lowest BCUT2D eigenvalue weighted by Gasteiger charge is -2.22. The third-order valence-corrected chi connectivity index (χ3v) is 6.93. The molecule has 0 spiro atoms. The van der Waals surface area contributed by atoms with Gasteiger partial charge >= 0.3 is 0 Å². The molecule has 6 heteroatoms. The average Bonchev–Trinajstić information content (AvgIpc) is 3.23. The fourth-order valence-corrected chi connectivity index (χ4v) is 5.19. The van der Waals surface area contributed by atoms with Crippen LogP contribution < -0.4 is 5.32 Å². The van der Waals surface area contributed by atoms with Gasteiger partial charge in [0.1, 0.15) is 5.82 Å². The number of hydrogen-bond acceptors (Lipinski definition) is 4. The van der Waals surface area contributed by atoms with Crippen LogP contribution in [0, 0.1) is 0 Å². The Morgan fingerprint density at radius 1 is 0.938 bits per heavy atom. The summed E-state index contributed by atoms with van der Waals surface area (Å²) in [6.45, 7) is 0. The first-order valence-corrected chi connectivity index (χ1v) is 12.7. The van der Waals surface area contributed by atoms with Gasteiger partial charge in [-0.05, 0) is 43.4 Å². The summed E-state index contributed by atoms with van der Waals surface area (Å²) >= 11 is 1.72. The van der Waals surface area contributed by atoms with Crippen LogP contribution in [-0.2, 0) is 11.2 Å². The summed E-state index contributed by atoms with van der Waals surface area (Å²) in [5.41, 5.74) is 2.30. The number of rotatable bonds is 10. The molecule has 3 aromatic rings. The van der Waals surface area contributed by atoms with Gasteiger partial charge < -0.3 is 5.32 Å². The fourth-order valence-electron chi connectivity index (χ4n) is 4.22. The van der Waals surface area contributed by atoms with Gasteiger partial charge in [0.05, 0.1) is 0 Å². The van der Waals surface area contributed by atoms with Crippen LogP contribution in [0.4, 0.5) is 0 Å². The van der Waals surface area contributed by atoms with E-state index in [0.717, 1.165) is 54.5 Å². The summed E-state index contributed by atoms with van der Waals surface area (Å²) in [5, 5.41) is 13.1. The van der Waals surface area contributed by atoms with Gasteiger partial charge in [0.2, 0.25) is 5.91 Å². The molecule has 1 saturated carbocycles. The van der Waals surface area contributed by atoms with E-state index in [1.807, 2.05) is 24.3 Å². The maximum atomic E-state index is 12.2. The molecule has 1 amide bonds. The predicted molar refractivity (Wildman–Crippen MR) is 130 cm³/mol. The molecule has 168 valence electrons. The molecule has 1 aromatic heterocycles. The summed E-state index contributed by atoms with van der Waals surface area (Å²) in [4.78, 5) is 12.2. The zero-order valence-electron chi connectivity index (χ0n) is 18.6. The molecule has 0 unspecified atom stereocenters. The molecule has 32 heavy (non-hydrogen) atoms. The normalized spacial score (nSPS) is 14.4. The van der Waals surface area contributed by atoms with Crippen LogP contribution in [0.15, 0.2) is 65.8 Å². The van der Waals surface area contributed by atoms with Crippen LogP contribution in [0.2, 0.25) is 0 Å². The summed E-state index contributed by atoms with van der Waals surface area (Å²) in [5.74, 6) is 2.07. The number of benzene rings is 2. The highest BCUT2D eigenvalue weighted by Gasteiger charge is 2.16. The Kier molecular flexibility index (Phi) is 8.37. The molecular formula is C26H32N4OS. The molecule has 0 atom stereocenters. The highest BCUT2D eigenvalue weighted by Crippen LogP contribution is 2.24. The third kappa shape index (κ3) is 6.45. The number of carbonyl (C=O) groups is 1. The maximum absolute atomic E-state index is 12.2. The van der Waals surface area contributed by atoms with Crippen molar-refractivity contribution in [2.24, 2.45) is 0 Å². The molecule has 2 aromatic carbocycles. The first kappa shape index (κ1) is 22.6. The second-order valence-corrected chi connectivity index (χ2v) is 9.50. The second-order valence-electron chi connectivity index (χ2n) is 8.44.